The summed E-state index contributed by atoms with van der Waals surface area (Å²) >= 11 is 5.77. The fraction of sp³-hybridized carbons (Fsp3) is 0.188. The van der Waals surface area contributed by atoms with E-state index in [4.69, 9.17) is 11.6 Å². The zero-order chi connectivity index (χ0) is 16.2. The van der Waals surface area contributed by atoms with Gasteiger partial charge in [-0.1, -0.05) is 41.4 Å². The molecule has 0 aliphatic rings. The first-order valence-electron chi connectivity index (χ1n) is 7.14. The molecule has 6 nitrogen and oxygen atoms in total. The van der Waals surface area contributed by atoms with Gasteiger partial charge in [-0.25, -0.2) is 0 Å². The van der Waals surface area contributed by atoms with Crippen LogP contribution in [0, 0.1) is 6.92 Å². The van der Waals surface area contributed by atoms with Gasteiger partial charge in [0.15, 0.2) is 0 Å². The van der Waals surface area contributed by atoms with E-state index < -0.39 is 0 Å². The number of halogens is 1. The first kappa shape index (κ1) is 15.3. The van der Waals surface area contributed by atoms with Gasteiger partial charge in [0.2, 0.25) is 5.91 Å². The average Bonchev–Trinajstić information content (AvgIpc) is 3.11. The fourth-order valence-electron chi connectivity index (χ4n) is 2.17. The molecule has 0 bridgehead atoms. The smallest absolute Gasteiger partial charge is 0.246 e. The topological polar surface area (TPSA) is 64.7 Å². The third-order valence-electron chi connectivity index (χ3n) is 3.29. The molecule has 1 N–H and O–H groups in total. The molecule has 2 heterocycles. The fourth-order valence-corrected chi connectivity index (χ4v) is 2.32. The Morgan fingerprint density at radius 3 is 2.57 bits per heavy atom. The Bertz CT molecular complexity index is 806. The maximum absolute atomic E-state index is 11.9. The number of hydrogen-bond acceptors (Lipinski definition) is 3. The van der Waals surface area contributed by atoms with Crippen molar-refractivity contribution in [2.24, 2.45) is 0 Å². The summed E-state index contributed by atoms with van der Waals surface area (Å²) in [5, 5.41) is 11.5. The van der Waals surface area contributed by atoms with Gasteiger partial charge >= 0.3 is 0 Å². The van der Waals surface area contributed by atoms with Gasteiger partial charge in [-0.15, -0.1) is 0 Å². The lowest BCUT2D eigenvalue weighted by Gasteiger charge is -2.03. The van der Waals surface area contributed by atoms with Gasteiger partial charge in [-0.3, -0.25) is 14.2 Å². The van der Waals surface area contributed by atoms with Crippen LogP contribution in [0.1, 0.15) is 11.1 Å². The van der Waals surface area contributed by atoms with Gasteiger partial charge in [-0.2, -0.15) is 10.2 Å². The highest BCUT2D eigenvalue weighted by molar-refractivity contribution is 6.30. The molecule has 2 aromatic heterocycles. The number of hydrogen-bond donors (Lipinski definition) is 1. The number of benzene rings is 1. The second-order valence-electron chi connectivity index (χ2n) is 5.32. The van der Waals surface area contributed by atoms with Crippen LogP contribution in [0.3, 0.4) is 0 Å². The van der Waals surface area contributed by atoms with E-state index >= 15 is 0 Å². The Hall–Kier alpha value is -2.60. The quantitative estimate of drug-likeness (QED) is 0.782. The number of anilines is 1. The Kier molecular flexibility index (Phi) is 4.43. The zero-order valence-electron chi connectivity index (χ0n) is 12.6. The molecule has 0 aliphatic carbocycles. The first-order chi connectivity index (χ1) is 11.1. The summed E-state index contributed by atoms with van der Waals surface area (Å²) in [7, 11) is 0. The van der Waals surface area contributed by atoms with Crippen molar-refractivity contribution in [2.75, 3.05) is 5.32 Å². The lowest BCUT2D eigenvalue weighted by Crippen LogP contribution is -2.18. The van der Waals surface area contributed by atoms with Crippen LogP contribution in [0.2, 0.25) is 5.02 Å². The number of rotatable bonds is 5. The first-order valence-corrected chi connectivity index (χ1v) is 7.52. The van der Waals surface area contributed by atoms with E-state index in [-0.39, 0.29) is 12.5 Å². The van der Waals surface area contributed by atoms with Crippen LogP contribution in [0.4, 0.5) is 5.69 Å². The third-order valence-corrected chi connectivity index (χ3v) is 3.48. The summed E-state index contributed by atoms with van der Waals surface area (Å²) in [6.45, 7) is 2.82. The normalized spacial score (nSPS) is 10.7. The van der Waals surface area contributed by atoms with Crippen LogP contribution in [0.5, 0.6) is 0 Å². The van der Waals surface area contributed by atoms with Crippen molar-refractivity contribution >= 4 is 23.2 Å². The summed E-state index contributed by atoms with van der Waals surface area (Å²) < 4.78 is 3.26. The van der Waals surface area contributed by atoms with E-state index in [2.05, 4.69) is 46.7 Å². The Balaban J connectivity index is 1.58. The van der Waals surface area contributed by atoms with E-state index in [1.165, 1.54) is 16.4 Å². The molecule has 0 unspecified atom stereocenters. The number of aromatic nitrogens is 4. The molecule has 0 aliphatic heterocycles. The van der Waals surface area contributed by atoms with Gasteiger partial charge in [-0.05, 0) is 12.5 Å². The molecule has 0 atom stereocenters. The van der Waals surface area contributed by atoms with Crippen molar-refractivity contribution < 1.29 is 4.79 Å². The van der Waals surface area contributed by atoms with Gasteiger partial charge in [0.25, 0.3) is 0 Å². The molecule has 0 saturated heterocycles. The Morgan fingerprint density at radius 2 is 1.87 bits per heavy atom. The van der Waals surface area contributed by atoms with Crippen molar-refractivity contribution in [2.45, 2.75) is 20.0 Å². The molecule has 23 heavy (non-hydrogen) atoms. The molecule has 3 rings (SSSR count). The number of carbonyl (C=O) groups is 1. The highest BCUT2D eigenvalue weighted by atomic mass is 35.5. The highest BCUT2D eigenvalue weighted by Gasteiger charge is 2.07. The predicted molar refractivity (Wildman–Crippen MR) is 88.4 cm³/mol. The monoisotopic (exact) mass is 329 g/mol. The van der Waals surface area contributed by atoms with Crippen LogP contribution < -0.4 is 5.32 Å². The molecule has 7 heteroatoms. The summed E-state index contributed by atoms with van der Waals surface area (Å²) in [6, 6.07) is 8.26. The summed E-state index contributed by atoms with van der Waals surface area (Å²) in [6.07, 6.45) is 6.52. The number of amides is 1. The summed E-state index contributed by atoms with van der Waals surface area (Å²) in [4.78, 5) is 11.9. The van der Waals surface area contributed by atoms with E-state index in [1.54, 1.807) is 23.3 Å². The van der Waals surface area contributed by atoms with Crippen molar-refractivity contribution in [1.82, 2.24) is 19.6 Å². The van der Waals surface area contributed by atoms with Gasteiger partial charge < -0.3 is 5.32 Å². The van der Waals surface area contributed by atoms with Crippen LogP contribution in [-0.4, -0.2) is 25.5 Å². The van der Waals surface area contributed by atoms with E-state index in [9.17, 15) is 4.79 Å². The summed E-state index contributed by atoms with van der Waals surface area (Å²) in [5.41, 5.74) is 3.03. The Labute approximate surface area is 138 Å². The molecule has 3 aromatic rings. The lowest BCUT2D eigenvalue weighted by atomic mass is 10.1. The van der Waals surface area contributed by atoms with Crippen molar-refractivity contribution in [1.29, 1.82) is 0 Å². The molecule has 0 saturated carbocycles. The number of nitrogens with one attached hydrogen (secondary N) is 1. The minimum atomic E-state index is -0.181. The number of nitrogens with zero attached hydrogens (tertiary/aromatic N) is 4. The molecular weight excluding hydrogens is 314 g/mol. The van der Waals surface area contributed by atoms with Crippen LogP contribution in [0.25, 0.3) is 0 Å². The van der Waals surface area contributed by atoms with Crippen molar-refractivity contribution in [3.05, 3.63) is 65.2 Å². The predicted octanol–water partition coefficient (Wildman–Crippen LogP) is 2.73. The van der Waals surface area contributed by atoms with Gasteiger partial charge in [0.05, 0.1) is 29.6 Å². The van der Waals surface area contributed by atoms with E-state index in [0.717, 1.165) is 5.56 Å². The molecule has 0 spiro atoms. The molecule has 0 radical (unpaired) electrons. The average molecular weight is 330 g/mol. The maximum atomic E-state index is 11.9. The second-order valence-corrected chi connectivity index (χ2v) is 5.75. The largest absolute Gasteiger partial charge is 0.322 e. The molecule has 0 fully saturated rings. The van der Waals surface area contributed by atoms with Crippen LogP contribution >= 0.6 is 11.6 Å². The van der Waals surface area contributed by atoms with E-state index in [1.807, 2.05) is 0 Å². The second kappa shape index (κ2) is 6.66. The summed E-state index contributed by atoms with van der Waals surface area (Å²) in [5.74, 6) is -0.181. The van der Waals surface area contributed by atoms with Gasteiger partial charge in [0.1, 0.15) is 6.54 Å². The lowest BCUT2D eigenvalue weighted by molar-refractivity contribution is -0.116. The molecule has 1 aromatic carbocycles. The molecular formula is C16H16ClN5O. The minimum absolute atomic E-state index is 0.107. The Morgan fingerprint density at radius 1 is 1.13 bits per heavy atom. The standard InChI is InChI=1S/C16H16ClN5O/c1-12-2-4-13(5-3-12)8-21-10-15(7-19-21)20-16(23)11-22-9-14(17)6-18-22/h2-7,9-10H,8,11H2,1H3,(H,20,23). The minimum Gasteiger partial charge on any atom is -0.322 e. The van der Waals surface area contributed by atoms with Crippen LogP contribution in [-0.2, 0) is 17.9 Å². The number of carbonyl (C=O) groups excluding carboxylic acids is 1. The zero-order valence-corrected chi connectivity index (χ0v) is 13.4. The third kappa shape index (κ3) is 4.20. The van der Waals surface area contributed by atoms with Crippen molar-refractivity contribution in [3.63, 3.8) is 0 Å². The van der Waals surface area contributed by atoms with Gasteiger partial charge in [0, 0.05) is 12.4 Å². The maximum Gasteiger partial charge on any atom is 0.246 e. The highest BCUT2D eigenvalue weighted by Crippen LogP contribution is 2.10. The number of aryl methyl sites for hydroxylation is 1. The van der Waals surface area contributed by atoms with E-state index in [0.29, 0.717) is 17.3 Å². The SMILES string of the molecule is Cc1ccc(Cn2cc(NC(=O)Cn3cc(Cl)cn3)cn2)cc1. The van der Waals surface area contributed by atoms with Crippen molar-refractivity contribution in [3.8, 4) is 0 Å². The molecule has 118 valence electrons. The molecule has 1 amide bonds. The van der Waals surface area contributed by atoms with Crippen LogP contribution in [0.15, 0.2) is 49.1 Å².